The maximum absolute atomic E-state index is 12.3. The summed E-state index contributed by atoms with van der Waals surface area (Å²) >= 11 is 0. The quantitative estimate of drug-likeness (QED) is 0.845. The number of rotatable bonds is 3. The first kappa shape index (κ1) is 17.8. The molecule has 1 aliphatic rings. The van der Waals surface area contributed by atoms with Gasteiger partial charge in [-0.15, -0.1) is 0 Å². The van der Waals surface area contributed by atoms with E-state index in [0.717, 1.165) is 0 Å². The van der Waals surface area contributed by atoms with E-state index in [1.807, 2.05) is 26.8 Å². The lowest BCUT2D eigenvalue weighted by molar-refractivity contribution is -0.145. The Morgan fingerprint density at radius 1 is 1.12 bits per heavy atom. The molecule has 0 aromatic heterocycles. The predicted octanol–water partition coefficient (Wildman–Crippen LogP) is 1.65. The third-order valence-corrected chi connectivity index (χ3v) is 3.92. The number of nitriles is 1. The lowest BCUT2D eigenvalue weighted by atomic mass is 9.94. The molecule has 6 heteroatoms. The number of ether oxygens (including phenoxy) is 1. The molecule has 1 saturated heterocycles. The average Bonchev–Trinajstić information content (AvgIpc) is 2.58. The zero-order chi connectivity index (χ0) is 17.7. The van der Waals surface area contributed by atoms with Crippen molar-refractivity contribution in [1.29, 1.82) is 5.26 Å². The summed E-state index contributed by atoms with van der Waals surface area (Å²) in [5.41, 5.74) is 0.00178. The Hall–Kier alpha value is -2.55. The van der Waals surface area contributed by atoms with Gasteiger partial charge in [-0.05, 0) is 12.1 Å². The zero-order valence-electron chi connectivity index (χ0n) is 14.4. The van der Waals surface area contributed by atoms with Crippen LogP contribution in [-0.2, 0) is 9.59 Å². The van der Waals surface area contributed by atoms with Crippen molar-refractivity contribution in [2.24, 2.45) is 5.41 Å². The van der Waals surface area contributed by atoms with Gasteiger partial charge in [-0.1, -0.05) is 32.9 Å². The van der Waals surface area contributed by atoms with Crippen molar-refractivity contribution in [2.45, 2.75) is 20.8 Å². The molecule has 2 rings (SSSR count). The van der Waals surface area contributed by atoms with Crippen LogP contribution >= 0.6 is 0 Å². The summed E-state index contributed by atoms with van der Waals surface area (Å²) < 4.78 is 5.48. The SMILES string of the molecule is CC(C)(C)C(=O)N1CCN(C(=O)COc2ccccc2C#N)CC1. The van der Waals surface area contributed by atoms with E-state index in [1.165, 1.54) is 0 Å². The average molecular weight is 329 g/mol. The first-order valence-electron chi connectivity index (χ1n) is 8.02. The Morgan fingerprint density at radius 2 is 1.71 bits per heavy atom. The van der Waals surface area contributed by atoms with Crippen LogP contribution in [0, 0.1) is 16.7 Å². The summed E-state index contributed by atoms with van der Waals surface area (Å²) in [6.07, 6.45) is 0. The summed E-state index contributed by atoms with van der Waals surface area (Å²) in [4.78, 5) is 28.0. The molecule has 0 unspecified atom stereocenters. The lowest BCUT2D eigenvalue weighted by Gasteiger charge is -2.37. The zero-order valence-corrected chi connectivity index (χ0v) is 14.4. The first-order valence-corrected chi connectivity index (χ1v) is 8.02. The molecule has 0 aliphatic carbocycles. The van der Waals surface area contributed by atoms with Gasteiger partial charge in [0.15, 0.2) is 6.61 Å². The largest absolute Gasteiger partial charge is 0.482 e. The van der Waals surface area contributed by atoms with Gasteiger partial charge < -0.3 is 14.5 Å². The van der Waals surface area contributed by atoms with Crippen LogP contribution in [0.1, 0.15) is 26.3 Å². The molecule has 0 radical (unpaired) electrons. The summed E-state index contributed by atoms with van der Waals surface area (Å²) in [7, 11) is 0. The maximum Gasteiger partial charge on any atom is 0.260 e. The normalized spacial score (nSPS) is 14.9. The Balaban J connectivity index is 1.85. The number of nitrogens with zero attached hydrogens (tertiary/aromatic N) is 3. The Bertz CT molecular complexity index is 650. The minimum Gasteiger partial charge on any atom is -0.482 e. The number of benzene rings is 1. The molecule has 0 atom stereocenters. The van der Waals surface area contributed by atoms with Crippen molar-refractivity contribution in [3.63, 3.8) is 0 Å². The van der Waals surface area contributed by atoms with Crippen molar-refractivity contribution in [3.8, 4) is 11.8 Å². The van der Waals surface area contributed by atoms with Crippen LogP contribution in [-0.4, -0.2) is 54.4 Å². The van der Waals surface area contributed by atoms with E-state index < -0.39 is 5.41 Å². The monoisotopic (exact) mass is 329 g/mol. The molecule has 128 valence electrons. The minimum atomic E-state index is -0.406. The molecule has 1 aromatic rings. The van der Waals surface area contributed by atoms with Gasteiger partial charge in [0, 0.05) is 31.6 Å². The molecule has 1 aliphatic heterocycles. The number of piperazine rings is 1. The van der Waals surface area contributed by atoms with Gasteiger partial charge in [-0.25, -0.2) is 0 Å². The van der Waals surface area contributed by atoms with Crippen molar-refractivity contribution >= 4 is 11.8 Å². The van der Waals surface area contributed by atoms with E-state index in [4.69, 9.17) is 10.00 Å². The number of carbonyl (C=O) groups excluding carboxylic acids is 2. The van der Waals surface area contributed by atoms with Gasteiger partial charge in [0.05, 0.1) is 5.56 Å². The second kappa shape index (κ2) is 7.35. The van der Waals surface area contributed by atoms with Crippen LogP contribution in [0.4, 0.5) is 0 Å². The molecule has 1 fully saturated rings. The Labute approximate surface area is 142 Å². The van der Waals surface area contributed by atoms with Gasteiger partial charge in [0.2, 0.25) is 5.91 Å². The van der Waals surface area contributed by atoms with E-state index in [-0.39, 0.29) is 18.4 Å². The van der Waals surface area contributed by atoms with Crippen molar-refractivity contribution < 1.29 is 14.3 Å². The summed E-state index contributed by atoms with van der Waals surface area (Å²) in [5.74, 6) is 0.384. The molecule has 0 N–H and O–H groups in total. The highest BCUT2D eigenvalue weighted by Gasteiger charge is 2.30. The molecule has 0 bridgehead atoms. The lowest BCUT2D eigenvalue weighted by Crippen LogP contribution is -2.53. The van der Waals surface area contributed by atoms with E-state index in [9.17, 15) is 9.59 Å². The van der Waals surface area contributed by atoms with Gasteiger partial charge in [-0.2, -0.15) is 5.26 Å². The van der Waals surface area contributed by atoms with Gasteiger partial charge in [-0.3, -0.25) is 9.59 Å². The van der Waals surface area contributed by atoms with Gasteiger partial charge >= 0.3 is 0 Å². The molecule has 0 spiro atoms. The van der Waals surface area contributed by atoms with E-state index in [1.54, 1.807) is 34.1 Å². The van der Waals surface area contributed by atoms with Crippen LogP contribution in [0.15, 0.2) is 24.3 Å². The fourth-order valence-corrected chi connectivity index (χ4v) is 2.55. The minimum absolute atomic E-state index is 0.105. The maximum atomic E-state index is 12.3. The van der Waals surface area contributed by atoms with E-state index in [0.29, 0.717) is 37.5 Å². The van der Waals surface area contributed by atoms with Crippen molar-refractivity contribution in [1.82, 2.24) is 9.80 Å². The third kappa shape index (κ3) is 4.25. The van der Waals surface area contributed by atoms with Crippen LogP contribution < -0.4 is 4.74 Å². The first-order chi connectivity index (χ1) is 11.3. The molecule has 1 heterocycles. The van der Waals surface area contributed by atoms with Crippen LogP contribution in [0.25, 0.3) is 0 Å². The van der Waals surface area contributed by atoms with Crippen LogP contribution in [0.5, 0.6) is 5.75 Å². The van der Waals surface area contributed by atoms with Crippen molar-refractivity contribution in [3.05, 3.63) is 29.8 Å². The van der Waals surface area contributed by atoms with E-state index in [2.05, 4.69) is 0 Å². The standard InChI is InChI=1S/C18H23N3O3/c1-18(2,3)17(23)21-10-8-20(9-11-21)16(22)13-24-15-7-5-4-6-14(15)12-19/h4-7H,8-11,13H2,1-3H3. The highest BCUT2D eigenvalue weighted by Crippen LogP contribution is 2.19. The van der Waals surface area contributed by atoms with E-state index >= 15 is 0 Å². The van der Waals surface area contributed by atoms with Crippen LogP contribution in [0.2, 0.25) is 0 Å². The number of para-hydroxylation sites is 1. The number of hydrogen-bond acceptors (Lipinski definition) is 4. The fourth-order valence-electron chi connectivity index (χ4n) is 2.55. The Morgan fingerprint density at radius 3 is 2.29 bits per heavy atom. The van der Waals surface area contributed by atoms with Gasteiger partial charge in [0.1, 0.15) is 11.8 Å². The van der Waals surface area contributed by atoms with Crippen LogP contribution in [0.3, 0.4) is 0 Å². The molecular formula is C18H23N3O3. The second-order valence-corrected chi connectivity index (χ2v) is 6.82. The summed E-state index contributed by atoms with van der Waals surface area (Å²) in [5, 5.41) is 9.02. The fraction of sp³-hybridized carbons (Fsp3) is 0.500. The highest BCUT2D eigenvalue weighted by molar-refractivity contribution is 5.82. The number of carbonyl (C=O) groups is 2. The summed E-state index contributed by atoms with van der Waals surface area (Å²) in [6.45, 7) is 7.67. The molecular weight excluding hydrogens is 306 g/mol. The summed E-state index contributed by atoms with van der Waals surface area (Å²) in [6, 6.07) is 8.87. The number of hydrogen-bond donors (Lipinski definition) is 0. The van der Waals surface area contributed by atoms with Gasteiger partial charge in [0.25, 0.3) is 5.91 Å². The number of amides is 2. The topological polar surface area (TPSA) is 73.6 Å². The molecule has 0 saturated carbocycles. The molecule has 24 heavy (non-hydrogen) atoms. The van der Waals surface area contributed by atoms with Crippen molar-refractivity contribution in [2.75, 3.05) is 32.8 Å². The molecule has 1 aromatic carbocycles. The predicted molar refractivity (Wildman–Crippen MR) is 89.3 cm³/mol. The second-order valence-electron chi connectivity index (χ2n) is 6.82. The third-order valence-electron chi connectivity index (χ3n) is 3.92. The molecule has 6 nitrogen and oxygen atoms in total. The molecule has 2 amide bonds. The smallest absolute Gasteiger partial charge is 0.260 e. The Kier molecular flexibility index (Phi) is 5.45. The highest BCUT2D eigenvalue weighted by atomic mass is 16.5.